The average Bonchev–Trinajstić information content (AvgIpc) is 2.50. The molecule has 1 saturated heterocycles. The van der Waals surface area contributed by atoms with Gasteiger partial charge in [-0.05, 0) is 6.42 Å². The zero-order chi connectivity index (χ0) is 10.6. The van der Waals surface area contributed by atoms with E-state index in [4.69, 9.17) is 4.74 Å². The second-order valence-electron chi connectivity index (χ2n) is 3.48. The minimum Gasteiger partial charge on any atom is -0.378 e. The largest absolute Gasteiger partial charge is 0.378 e. The predicted molar refractivity (Wildman–Crippen MR) is 54.7 cm³/mol. The van der Waals surface area contributed by atoms with Crippen molar-refractivity contribution in [3.63, 3.8) is 0 Å². The normalized spacial score (nSPS) is 28.1. The van der Waals surface area contributed by atoms with Gasteiger partial charge in [0, 0.05) is 20.2 Å². The van der Waals surface area contributed by atoms with Gasteiger partial charge in [0.25, 0.3) is 0 Å². The molecule has 14 heavy (non-hydrogen) atoms. The third-order valence-electron chi connectivity index (χ3n) is 2.27. The van der Waals surface area contributed by atoms with E-state index in [1.807, 2.05) is 6.92 Å². The van der Waals surface area contributed by atoms with Crippen LogP contribution >= 0.6 is 0 Å². The summed E-state index contributed by atoms with van der Waals surface area (Å²) in [5.41, 5.74) is 0. The summed E-state index contributed by atoms with van der Waals surface area (Å²) in [7, 11) is -1.53. The number of sulfonamides is 1. The van der Waals surface area contributed by atoms with Crippen molar-refractivity contribution in [1.82, 2.24) is 10.0 Å². The third kappa shape index (κ3) is 3.20. The van der Waals surface area contributed by atoms with Crippen LogP contribution in [0.25, 0.3) is 0 Å². The SMILES string of the molecule is CCCS(=O)(=O)NC1CNC[C@@H]1OC. The first-order chi connectivity index (χ1) is 6.59. The monoisotopic (exact) mass is 222 g/mol. The van der Waals surface area contributed by atoms with Crippen LogP contribution in [0.1, 0.15) is 13.3 Å². The van der Waals surface area contributed by atoms with Gasteiger partial charge in [-0.3, -0.25) is 0 Å². The molecule has 0 aromatic carbocycles. The van der Waals surface area contributed by atoms with Crippen molar-refractivity contribution in [2.75, 3.05) is 26.0 Å². The van der Waals surface area contributed by atoms with E-state index in [9.17, 15) is 8.42 Å². The van der Waals surface area contributed by atoms with E-state index in [0.29, 0.717) is 19.5 Å². The molecule has 6 heteroatoms. The van der Waals surface area contributed by atoms with Gasteiger partial charge in [-0.1, -0.05) is 6.92 Å². The molecule has 2 N–H and O–H groups in total. The van der Waals surface area contributed by atoms with E-state index in [2.05, 4.69) is 10.0 Å². The molecule has 0 aromatic rings. The number of ether oxygens (including phenoxy) is 1. The number of hydrogen-bond acceptors (Lipinski definition) is 4. The second-order valence-corrected chi connectivity index (χ2v) is 5.35. The molecule has 1 aliphatic heterocycles. The lowest BCUT2D eigenvalue weighted by atomic mass is 10.2. The quantitative estimate of drug-likeness (QED) is 0.645. The maximum atomic E-state index is 11.5. The first kappa shape index (κ1) is 11.9. The van der Waals surface area contributed by atoms with Crippen molar-refractivity contribution in [2.24, 2.45) is 0 Å². The van der Waals surface area contributed by atoms with Crippen LogP contribution < -0.4 is 10.0 Å². The molecule has 1 aliphatic rings. The fraction of sp³-hybridized carbons (Fsp3) is 1.00. The van der Waals surface area contributed by atoms with E-state index in [0.717, 1.165) is 0 Å². The van der Waals surface area contributed by atoms with Gasteiger partial charge in [-0.15, -0.1) is 0 Å². The van der Waals surface area contributed by atoms with Gasteiger partial charge >= 0.3 is 0 Å². The zero-order valence-corrected chi connectivity index (χ0v) is 9.43. The maximum absolute atomic E-state index is 11.5. The first-order valence-electron chi connectivity index (χ1n) is 4.82. The first-order valence-corrected chi connectivity index (χ1v) is 6.48. The summed E-state index contributed by atoms with van der Waals surface area (Å²) in [5.74, 6) is 0.180. The van der Waals surface area contributed by atoms with Crippen LogP contribution in [0.3, 0.4) is 0 Å². The molecule has 2 atom stereocenters. The van der Waals surface area contributed by atoms with Crippen molar-refractivity contribution in [1.29, 1.82) is 0 Å². The summed E-state index contributed by atoms with van der Waals surface area (Å²) in [5, 5.41) is 3.09. The molecule has 1 fully saturated rings. The van der Waals surface area contributed by atoms with Crippen molar-refractivity contribution >= 4 is 10.0 Å². The number of nitrogens with one attached hydrogen (secondary N) is 2. The molecular formula is C8H18N2O3S. The van der Waals surface area contributed by atoms with E-state index in [-0.39, 0.29) is 17.9 Å². The Labute approximate surface area is 85.3 Å². The van der Waals surface area contributed by atoms with Crippen LogP contribution in [0.2, 0.25) is 0 Å². The summed E-state index contributed by atoms with van der Waals surface area (Å²) in [6.07, 6.45) is 0.578. The Balaban J connectivity index is 2.51. The van der Waals surface area contributed by atoms with Gasteiger partial charge in [-0.2, -0.15) is 0 Å². The van der Waals surface area contributed by atoms with Crippen molar-refractivity contribution < 1.29 is 13.2 Å². The molecule has 0 aliphatic carbocycles. The Bertz CT molecular complexity index is 266. The molecule has 0 radical (unpaired) electrons. The van der Waals surface area contributed by atoms with E-state index in [1.54, 1.807) is 7.11 Å². The second kappa shape index (κ2) is 5.06. The van der Waals surface area contributed by atoms with Gasteiger partial charge in [-0.25, -0.2) is 13.1 Å². The number of methoxy groups -OCH3 is 1. The standard InChI is InChI=1S/C8H18N2O3S/c1-3-4-14(11,12)10-7-5-9-6-8(7)13-2/h7-10H,3-6H2,1-2H3/t7?,8-/m0/s1. The highest BCUT2D eigenvalue weighted by molar-refractivity contribution is 7.89. The molecule has 1 rings (SSSR count). The summed E-state index contributed by atoms with van der Waals surface area (Å²) in [4.78, 5) is 0. The lowest BCUT2D eigenvalue weighted by Crippen LogP contribution is -2.44. The highest BCUT2D eigenvalue weighted by Gasteiger charge is 2.29. The van der Waals surface area contributed by atoms with Gasteiger partial charge in [0.05, 0.1) is 17.9 Å². The van der Waals surface area contributed by atoms with Crippen LogP contribution in [0.5, 0.6) is 0 Å². The van der Waals surface area contributed by atoms with E-state index in [1.165, 1.54) is 0 Å². The number of rotatable bonds is 5. The van der Waals surface area contributed by atoms with Crippen molar-refractivity contribution in [2.45, 2.75) is 25.5 Å². The Hall–Kier alpha value is -0.170. The Kier molecular flexibility index (Phi) is 4.31. The summed E-state index contributed by atoms with van der Waals surface area (Å²) in [6.45, 7) is 3.19. The van der Waals surface area contributed by atoms with E-state index < -0.39 is 10.0 Å². The maximum Gasteiger partial charge on any atom is 0.211 e. The average molecular weight is 222 g/mol. The minimum atomic E-state index is -3.13. The Morgan fingerprint density at radius 3 is 2.79 bits per heavy atom. The molecule has 84 valence electrons. The Morgan fingerprint density at radius 2 is 2.21 bits per heavy atom. The van der Waals surface area contributed by atoms with Gasteiger partial charge in [0.15, 0.2) is 0 Å². The van der Waals surface area contributed by atoms with Crippen molar-refractivity contribution in [3.05, 3.63) is 0 Å². The van der Waals surface area contributed by atoms with Crippen LogP contribution in [-0.2, 0) is 14.8 Å². The zero-order valence-electron chi connectivity index (χ0n) is 8.62. The van der Waals surface area contributed by atoms with Crippen molar-refractivity contribution in [3.8, 4) is 0 Å². The lowest BCUT2D eigenvalue weighted by Gasteiger charge is -2.18. The molecule has 0 bridgehead atoms. The van der Waals surface area contributed by atoms with Gasteiger partial charge in [0.2, 0.25) is 10.0 Å². The summed E-state index contributed by atoms with van der Waals surface area (Å²) >= 11 is 0. The Morgan fingerprint density at radius 1 is 1.50 bits per heavy atom. The minimum absolute atomic E-state index is 0.0540. The smallest absolute Gasteiger partial charge is 0.211 e. The fourth-order valence-electron chi connectivity index (χ4n) is 1.58. The predicted octanol–water partition coefficient (Wildman–Crippen LogP) is -0.697. The fourth-order valence-corrected chi connectivity index (χ4v) is 2.93. The lowest BCUT2D eigenvalue weighted by molar-refractivity contribution is 0.103. The topological polar surface area (TPSA) is 67.4 Å². The molecule has 1 unspecified atom stereocenters. The van der Waals surface area contributed by atoms with Crippen LogP contribution in [0, 0.1) is 0 Å². The molecule has 0 amide bonds. The molecule has 0 spiro atoms. The van der Waals surface area contributed by atoms with Crippen LogP contribution in [-0.4, -0.2) is 46.5 Å². The molecule has 5 nitrogen and oxygen atoms in total. The third-order valence-corrected chi connectivity index (χ3v) is 3.87. The van der Waals surface area contributed by atoms with Gasteiger partial charge < -0.3 is 10.1 Å². The molecule has 0 aromatic heterocycles. The highest BCUT2D eigenvalue weighted by atomic mass is 32.2. The van der Waals surface area contributed by atoms with Gasteiger partial charge in [0.1, 0.15) is 0 Å². The van der Waals surface area contributed by atoms with Crippen LogP contribution in [0.4, 0.5) is 0 Å². The number of hydrogen-bond donors (Lipinski definition) is 2. The van der Waals surface area contributed by atoms with E-state index >= 15 is 0 Å². The molecular weight excluding hydrogens is 204 g/mol. The highest BCUT2D eigenvalue weighted by Crippen LogP contribution is 2.05. The van der Waals surface area contributed by atoms with Crippen LogP contribution in [0.15, 0.2) is 0 Å². The molecule has 0 saturated carbocycles. The molecule has 1 heterocycles. The summed E-state index contributed by atoms with van der Waals surface area (Å²) in [6, 6.07) is -0.128. The summed E-state index contributed by atoms with van der Waals surface area (Å²) < 4.78 is 30.7.